The Kier molecular flexibility index (Phi) is 5.04. The van der Waals surface area contributed by atoms with Gasteiger partial charge in [-0.25, -0.2) is 4.39 Å². The second kappa shape index (κ2) is 7.19. The highest BCUT2D eigenvalue weighted by Crippen LogP contribution is 2.19. The van der Waals surface area contributed by atoms with E-state index in [1.165, 1.54) is 32.2 Å². The number of halogens is 1. The number of hydrogen-bond donors (Lipinski definition) is 0. The van der Waals surface area contributed by atoms with E-state index in [1.54, 1.807) is 12.1 Å². The summed E-state index contributed by atoms with van der Waals surface area (Å²) in [5.74, 6) is -0.0752. The summed E-state index contributed by atoms with van der Waals surface area (Å²) in [6, 6.07) is 7.79. The average molecular weight is 288 g/mol. The zero-order valence-corrected chi connectivity index (χ0v) is 12.7. The molecule has 0 spiro atoms. The maximum absolute atomic E-state index is 13.8. The fourth-order valence-corrected chi connectivity index (χ4v) is 3.45. The molecule has 0 N–H and O–H groups in total. The fourth-order valence-electron chi connectivity index (χ4n) is 3.45. The van der Waals surface area contributed by atoms with Crippen molar-refractivity contribution in [2.24, 2.45) is 0 Å². The Morgan fingerprint density at radius 2 is 1.95 bits per heavy atom. The highest BCUT2D eigenvalue weighted by molar-refractivity contribution is 5.17. The third-order valence-electron chi connectivity index (χ3n) is 4.67. The maximum atomic E-state index is 13.8. The van der Waals surface area contributed by atoms with E-state index < -0.39 is 0 Å². The number of allylic oxidation sites excluding steroid dienone is 1. The van der Waals surface area contributed by atoms with Gasteiger partial charge >= 0.3 is 0 Å². The molecule has 0 bridgehead atoms. The topological polar surface area (TPSA) is 6.48 Å². The van der Waals surface area contributed by atoms with Crippen LogP contribution in [0, 0.1) is 5.82 Å². The van der Waals surface area contributed by atoms with Gasteiger partial charge in [0.15, 0.2) is 0 Å². The second-order valence-corrected chi connectivity index (χ2v) is 6.18. The molecule has 1 saturated heterocycles. The molecule has 1 aliphatic heterocycles. The summed E-state index contributed by atoms with van der Waals surface area (Å²) in [5.41, 5.74) is 0.823. The number of nitrogens with zero attached hydrogens (tertiary/aromatic N) is 2. The Morgan fingerprint density at radius 3 is 2.76 bits per heavy atom. The van der Waals surface area contributed by atoms with Crippen LogP contribution in [0.15, 0.2) is 36.4 Å². The van der Waals surface area contributed by atoms with Crippen molar-refractivity contribution in [3.8, 4) is 0 Å². The Bertz CT molecular complexity index is 486. The van der Waals surface area contributed by atoms with Crippen molar-refractivity contribution < 1.29 is 4.39 Å². The van der Waals surface area contributed by atoms with Gasteiger partial charge in [-0.2, -0.15) is 0 Å². The first-order chi connectivity index (χ1) is 10.3. The normalized spacial score (nSPS) is 24.9. The van der Waals surface area contributed by atoms with Crippen LogP contribution in [0.3, 0.4) is 0 Å². The van der Waals surface area contributed by atoms with Gasteiger partial charge < -0.3 is 0 Å². The standard InChI is InChI=1S/C18H25FN2/c19-18-10-5-4-7-16(18)15-20-11-6-12-21(14-13-20)17-8-2-1-3-9-17/h2,4-5,7-8,10,17H,1,3,6,9,11-15H2. The molecule has 3 heteroatoms. The zero-order valence-electron chi connectivity index (χ0n) is 12.7. The first kappa shape index (κ1) is 14.7. The quantitative estimate of drug-likeness (QED) is 0.786. The van der Waals surface area contributed by atoms with Crippen molar-refractivity contribution in [3.63, 3.8) is 0 Å². The third-order valence-corrected chi connectivity index (χ3v) is 4.67. The molecule has 0 amide bonds. The lowest BCUT2D eigenvalue weighted by Crippen LogP contribution is -2.38. The Hall–Kier alpha value is -1.19. The van der Waals surface area contributed by atoms with Gasteiger partial charge in [0.05, 0.1) is 0 Å². The summed E-state index contributed by atoms with van der Waals surface area (Å²) in [6.07, 6.45) is 9.75. The summed E-state index contributed by atoms with van der Waals surface area (Å²) in [7, 11) is 0. The summed E-state index contributed by atoms with van der Waals surface area (Å²) in [4.78, 5) is 5.00. The molecular formula is C18H25FN2. The van der Waals surface area contributed by atoms with Crippen molar-refractivity contribution >= 4 is 0 Å². The Morgan fingerprint density at radius 1 is 1.05 bits per heavy atom. The minimum atomic E-state index is -0.0752. The smallest absolute Gasteiger partial charge is 0.127 e. The molecule has 0 radical (unpaired) electrons. The van der Waals surface area contributed by atoms with Crippen molar-refractivity contribution in [1.29, 1.82) is 0 Å². The molecule has 1 unspecified atom stereocenters. The van der Waals surface area contributed by atoms with Gasteiger partial charge in [0.2, 0.25) is 0 Å². The van der Waals surface area contributed by atoms with E-state index >= 15 is 0 Å². The van der Waals surface area contributed by atoms with E-state index in [1.807, 2.05) is 12.1 Å². The second-order valence-electron chi connectivity index (χ2n) is 6.18. The number of hydrogen-bond acceptors (Lipinski definition) is 2. The van der Waals surface area contributed by atoms with Gasteiger partial charge in [-0.3, -0.25) is 9.80 Å². The molecule has 114 valence electrons. The molecule has 1 aromatic rings. The van der Waals surface area contributed by atoms with Crippen molar-refractivity contribution in [2.75, 3.05) is 26.2 Å². The van der Waals surface area contributed by atoms with Crippen LogP contribution in [0.2, 0.25) is 0 Å². The first-order valence-corrected chi connectivity index (χ1v) is 8.19. The molecule has 2 aliphatic rings. The highest BCUT2D eigenvalue weighted by atomic mass is 19.1. The predicted octanol–water partition coefficient (Wildman–Crippen LogP) is 3.44. The summed E-state index contributed by atoms with van der Waals surface area (Å²) >= 11 is 0. The van der Waals surface area contributed by atoms with Crippen LogP contribution in [0.4, 0.5) is 4.39 Å². The minimum absolute atomic E-state index is 0.0752. The first-order valence-electron chi connectivity index (χ1n) is 8.19. The predicted molar refractivity (Wildman–Crippen MR) is 84.6 cm³/mol. The van der Waals surface area contributed by atoms with E-state index in [0.717, 1.165) is 31.7 Å². The van der Waals surface area contributed by atoms with E-state index in [2.05, 4.69) is 22.0 Å². The summed E-state index contributed by atoms with van der Waals surface area (Å²) < 4.78 is 13.8. The minimum Gasteiger partial charge on any atom is -0.298 e. The zero-order chi connectivity index (χ0) is 14.5. The fraction of sp³-hybridized carbons (Fsp3) is 0.556. The van der Waals surface area contributed by atoms with Crippen LogP contribution < -0.4 is 0 Å². The van der Waals surface area contributed by atoms with Crippen LogP contribution in [-0.2, 0) is 6.54 Å². The lowest BCUT2D eigenvalue weighted by Gasteiger charge is -2.30. The molecule has 0 aromatic heterocycles. The largest absolute Gasteiger partial charge is 0.298 e. The number of rotatable bonds is 3. The van der Waals surface area contributed by atoms with Crippen LogP contribution in [0.1, 0.15) is 31.2 Å². The van der Waals surface area contributed by atoms with Gasteiger partial charge in [-0.1, -0.05) is 30.4 Å². The van der Waals surface area contributed by atoms with Crippen LogP contribution in [-0.4, -0.2) is 42.0 Å². The molecule has 1 atom stereocenters. The lowest BCUT2D eigenvalue weighted by atomic mass is 10.0. The van der Waals surface area contributed by atoms with Crippen LogP contribution in [0.5, 0.6) is 0 Å². The van der Waals surface area contributed by atoms with E-state index in [4.69, 9.17) is 0 Å². The number of benzene rings is 1. The maximum Gasteiger partial charge on any atom is 0.127 e. The lowest BCUT2D eigenvalue weighted by molar-refractivity contribution is 0.211. The van der Waals surface area contributed by atoms with Gasteiger partial charge in [0.1, 0.15) is 5.82 Å². The molecule has 1 aromatic carbocycles. The van der Waals surface area contributed by atoms with E-state index in [0.29, 0.717) is 6.04 Å². The third kappa shape index (κ3) is 3.92. The van der Waals surface area contributed by atoms with Crippen molar-refractivity contribution in [2.45, 2.75) is 38.3 Å². The Labute approximate surface area is 127 Å². The molecular weight excluding hydrogens is 263 g/mol. The van der Waals surface area contributed by atoms with Gasteiger partial charge in [0, 0.05) is 31.2 Å². The van der Waals surface area contributed by atoms with Crippen molar-refractivity contribution in [3.05, 3.63) is 47.8 Å². The van der Waals surface area contributed by atoms with Crippen molar-refractivity contribution in [1.82, 2.24) is 9.80 Å². The molecule has 0 saturated carbocycles. The van der Waals surface area contributed by atoms with Crippen LogP contribution in [0.25, 0.3) is 0 Å². The molecule has 1 heterocycles. The molecule has 1 aliphatic carbocycles. The van der Waals surface area contributed by atoms with Gasteiger partial charge in [-0.15, -0.1) is 0 Å². The Balaban J connectivity index is 1.57. The molecule has 21 heavy (non-hydrogen) atoms. The SMILES string of the molecule is Fc1ccccc1CN1CCCN(C2C=CCCC2)CC1. The monoisotopic (exact) mass is 288 g/mol. The molecule has 2 nitrogen and oxygen atoms in total. The van der Waals surface area contributed by atoms with Gasteiger partial charge in [0.25, 0.3) is 0 Å². The highest BCUT2D eigenvalue weighted by Gasteiger charge is 2.21. The van der Waals surface area contributed by atoms with E-state index in [-0.39, 0.29) is 5.82 Å². The average Bonchev–Trinajstić information content (AvgIpc) is 2.76. The van der Waals surface area contributed by atoms with Gasteiger partial charge in [-0.05, 0) is 44.8 Å². The van der Waals surface area contributed by atoms with Crippen LogP contribution >= 0.6 is 0 Å². The molecule has 3 rings (SSSR count). The van der Waals surface area contributed by atoms with E-state index in [9.17, 15) is 4.39 Å². The summed E-state index contributed by atoms with van der Waals surface area (Å²) in [5, 5.41) is 0. The molecule has 1 fully saturated rings. The summed E-state index contributed by atoms with van der Waals surface area (Å²) in [6.45, 7) is 5.12.